The molecule has 1 saturated heterocycles. The molecule has 0 amide bonds. The van der Waals surface area contributed by atoms with Crippen molar-refractivity contribution in [2.24, 2.45) is 5.41 Å². The van der Waals surface area contributed by atoms with Crippen LogP contribution < -0.4 is 5.32 Å². The van der Waals surface area contributed by atoms with Gasteiger partial charge in [-0.1, -0.05) is 51.1 Å². The van der Waals surface area contributed by atoms with E-state index in [4.69, 9.17) is 4.43 Å². The lowest BCUT2D eigenvalue weighted by Gasteiger charge is -2.32. The maximum absolute atomic E-state index is 6.28. The van der Waals surface area contributed by atoms with Crippen LogP contribution in [0, 0.1) is 5.41 Å². The molecule has 1 aromatic carbocycles. The average molecular weight is 277 g/mol. The van der Waals surface area contributed by atoms with Crippen molar-refractivity contribution >= 4 is 9.04 Å². The summed E-state index contributed by atoms with van der Waals surface area (Å²) in [5.74, 6) is 0. The Morgan fingerprint density at radius 1 is 1.21 bits per heavy atom. The highest BCUT2D eigenvalue weighted by Gasteiger charge is 2.47. The van der Waals surface area contributed by atoms with E-state index < -0.39 is 9.04 Å². The van der Waals surface area contributed by atoms with Crippen molar-refractivity contribution in [3.05, 3.63) is 35.9 Å². The third-order valence-electron chi connectivity index (χ3n) is 3.63. The minimum absolute atomic E-state index is 0.209. The first-order chi connectivity index (χ1) is 8.88. The molecule has 0 aromatic heterocycles. The number of hydrogen-bond acceptors (Lipinski definition) is 2. The third-order valence-corrected chi connectivity index (χ3v) is 4.47. The maximum atomic E-state index is 6.28. The van der Waals surface area contributed by atoms with Crippen LogP contribution in [-0.2, 0) is 10.8 Å². The van der Waals surface area contributed by atoms with Gasteiger partial charge in [0.15, 0.2) is 9.04 Å². The summed E-state index contributed by atoms with van der Waals surface area (Å²) in [6.07, 6.45) is 1.45. The monoisotopic (exact) mass is 277 g/mol. The molecule has 0 bridgehead atoms. The first-order valence-corrected chi connectivity index (χ1v) is 10.1. The molecule has 1 aliphatic rings. The zero-order chi connectivity index (χ0) is 14.0. The molecular formula is C16H27NOSi. The molecule has 1 aliphatic heterocycles. The summed E-state index contributed by atoms with van der Waals surface area (Å²) in [6.45, 7) is 11.4. The summed E-state index contributed by atoms with van der Waals surface area (Å²) in [5, 5.41) is 3.63. The largest absolute Gasteiger partial charge is 0.416 e. The van der Waals surface area contributed by atoms with E-state index in [0.29, 0.717) is 18.2 Å². The van der Waals surface area contributed by atoms with Gasteiger partial charge in [0.25, 0.3) is 0 Å². The van der Waals surface area contributed by atoms with Crippen molar-refractivity contribution in [3.8, 4) is 0 Å². The van der Waals surface area contributed by atoms with Gasteiger partial charge in [0.1, 0.15) is 0 Å². The first kappa shape index (κ1) is 14.8. The first-order valence-electron chi connectivity index (χ1n) is 7.33. The van der Waals surface area contributed by atoms with Gasteiger partial charge in [-0.15, -0.1) is 0 Å². The smallest absolute Gasteiger partial charge is 0.171 e. The Bertz CT molecular complexity index is 399. The van der Waals surface area contributed by atoms with Gasteiger partial charge in [-0.2, -0.15) is 0 Å². The molecule has 1 N–H and O–H groups in total. The lowest BCUT2D eigenvalue weighted by Crippen LogP contribution is -2.39. The van der Waals surface area contributed by atoms with Gasteiger partial charge in [0, 0.05) is 12.1 Å². The molecule has 3 atom stereocenters. The van der Waals surface area contributed by atoms with Gasteiger partial charge >= 0.3 is 0 Å². The number of hydrogen-bond donors (Lipinski definition) is 1. The molecular weight excluding hydrogens is 250 g/mol. The topological polar surface area (TPSA) is 31.2 Å². The Morgan fingerprint density at radius 3 is 2.37 bits per heavy atom. The Hall–Kier alpha value is -0.643. The highest BCUT2D eigenvalue weighted by Crippen LogP contribution is 2.33. The molecule has 2 nitrogen and oxygen atoms in total. The van der Waals surface area contributed by atoms with Gasteiger partial charge in [0.2, 0.25) is 0 Å². The normalized spacial score (nSPS) is 24.5. The number of nitrogens with one attached hydrogen (secondary N) is 1. The van der Waals surface area contributed by atoms with Crippen molar-refractivity contribution in [2.75, 3.05) is 0 Å². The minimum Gasteiger partial charge on any atom is -0.416 e. The Labute approximate surface area is 119 Å². The van der Waals surface area contributed by atoms with Crippen molar-refractivity contribution in [2.45, 2.75) is 58.5 Å². The van der Waals surface area contributed by atoms with Crippen molar-refractivity contribution in [1.82, 2.24) is 5.32 Å². The summed E-state index contributed by atoms with van der Waals surface area (Å²) < 4.78 is 6.28. The second-order valence-corrected chi connectivity index (χ2v) is 9.33. The van der Waals surface area contributed by atoms with E-state index in [1.807, 2.05) is 0 Å². The van der Waals surface area contributed by atoms with Crippen LogP contribution in [0.4, 0.5) is 0 Å². The average Bonchev–Trinajstić information content (AvgIpc) is 3.04. The van der Waals surface area contributed by atoms with E-state index in [2.05, 4.69) is 69.5 Å². The van der Waals surface area contributed by atoms with Crippen LogP contribution in [0.3, 0.4) is 0 Å². The molecule has 19 heavy (non-hydrogen) atoms. The molecule has 2 rings (SSSR count). The molecule has 0 radical (unpaired) electrons. The molecule has 1 heterocycles. The summed E-state index contributed by atoms with van der Waals surface area (Å²) in [4.78, 5) is 0. The van der Waals surface area contributed by atoms with E-state index in [9.17, 15) is 0 Å². The van der Waals surface area contributed by atoms with Gasteiger partial charge in [-0.3, -0.25) is 0 Å². The quantitative estimate of drug-likeness (QED) is 0.662. The molecule has 0 aliphatic carbocycles. The van der Waals surface area contributed by atoms with Gasteiger partial charge < -0.3 is 9.74 Å². The summed E-state index contributed by atoms with van der Waals surface area (Å²) in [6, 6.07) is 11.8. The van der Waals surface area contributed by atoms with Crippen molar-refractivity contribution < 1.29 is 4.43 Å². The predicted octanol–water partition coefficient (Wildman–Crippen LogP) is 2.98. The van der Waals surface area contributed by atoms with E-state index in [1.54, 1.807) is 0 Å². The number of benzene rings is 1. The lowest BCUT2D eigenvalue weighted by atomic mass is 9.85. The molecule has 1 fully saturated rings. The fraction of sp³-hybridized carbons (Fsp3) is 0.625. The summed E-state index contributed by atoms with van der Waals surface area (Å²) in [7, 11) is -0.996. The fourth-order valence-electron chi connectivity index (χ4n) is 2.66. The van der Waals surface area contributed by atoms with Crippen molar-refractivity contribution in [1.29, 1.82) is 0 Å². The Balaban J connectivity index is 1.95. The van der Waals surface area contributed by atoms with E-state index in [-0.39, 0.29) is 5.41 Å². The predicted molar refractivity (Wildman–Crippen MR) is 84.1 cm³/mol. The Kier molecular flexibility index (Phi) is 4.49. The van der Waals surface area contributed by atoms with E-state index in [1.165, 1.54) is 5.56 Å². The van der Waals surface area contributed by atoms with Gasteiger partial charge in [-0.05, 0) is 30.5 Å². The zero-order valence-electron chi connectivity index (χ0n) is 12.8. The Morgan fingerprint density at radius 2 is 1.84 bits per heavy atom. The van der Waals surface area contributed by atoms with E-state index in [0.717, 1.165) is 6.42 Å². The summed E-state index contributed by atoms with van der Waals surface area (Å²) >= 11 is 0. The van der Waals surface area contributed by atoms with Gasteiger partial charge in [-0.25, -0.2) is 0 Å². The summed E-state index contributed by atoms with van der Waals surface area (Å²) in [5.41, 5.74) is 1.62. The standard InChI is InChI=1S/C16H27NOSi/c1-16(2,3)15(18-19(4)5)14-13(17-14)11-12-9-7-6-8-10-12/h6-10,13-15,17,19H,11H2,1-5H3. The van der Waals surface area contributed by atoms with E-state index >= 15 is 0 Å². The lowest BCUT2D eigenvalue weighted by molar-refractivity contribution is 0.0832. The highest BCUT2D eigenvalue weighted by atomic mass is 28.3. The number of rotatable bonds is 5. The van der Waals surface area contributed by atoms with Gasteiger partial charge in [0.05, 0.1) is 6.10 Å². The fourth-order valence-corrected chi connectivity index (χ4v) is 3.83. The highest BCUT2D eigenvalue weighted by molar-refractivity contribution is 6.48. The molecule has 3 heteroatoms. The van der Waals surface area contributed by atoms with Crippen LogP contribution in [-0.4, -0.2) is 27.2 Å². The van der Waals surface area contributed by atoms with Crippen LogP contribution in [0.5, 0.6) is 0 Å². The van der Waals surface area contributed by atoms with Crippen LogP contribution in [0.15, 0.2) is 30.3 Å². The molecule has 0 saturated carbocycles. The molecule has 0 spiro atoms. The van der Waals surface area contributed by atoms with Crippen molar-refractivity contribution in [3.63, 3.8) is 0 Å². The third kappa shape index (κ3) is 4.16. The molecule has 3 unspecified atom stereocenters. The second kappa shape index (κ2) is 5.78. The SMILES string of the molecule is C[SiH](C)OC(C1NC1Cc1ccccc1)C(C)(C)C. The molecule has 1 aromatic rings. The minimum atomic E-state index is -0.996. The van der Waals surface area contributed by atoms with Crippen LogP contribution in [0.25, 0.3) is 0 Å². The zero-order valence-corrected chi connectivity index (χ0v) is 14.0. The second-order valence-electron chi connectivity index (χ2n) is 6.96. The van der Waals surface area contributed by atoms with Crippen LogP contribution in [0.2, 0.25) is 13.1 Å². The van der Waals surface area contributed by atoms with Crippen LogP contribution >= 0.6 is 0 Å². The molecule has 106 valence electrons. The van der Waals surface area contributed by atoms with Crippen LogP contribution in [0.1, 0.15) is 26.3 Å². The maximum Gasteiger partial charge on any atom is 0.171 e.